The lowest BCUT2D eigenvalue weighted by Gasteiger charge is -2.21. The summed E-state index contributed by atoms with van der Waals surface area (Å²) in [6.07, 6.45) is -6.81. The van der Waals surface area contributed by atoms with Crippen molar-refractivity contribution in [2.24, 2.45) is 0 Å². The number of hydrogen-bond acceptors (Lipinski definition) is 4. The zero-order chi connectivity index (χ0) is 21.2. The van der Waals surface area contributed by atoms with Gasteiger partial charge >= 0.3 is 12.1 Å². The molecule has 0 saturated carbocycles. The van der Waals surface area contributed by atoms with Crippen LogP contribution in [0.3, 0.4) is 0 Å². The van der Waals surface area contributed by atoms with E-state index in [0.29, 0.717) is 27.1 Å². The molecule has 152 valence electrons. The van der Waals surface area contributed by atoms with Crippen LogP contribution in [0.4, 0.5) is 13.2 Å². The molecule has 1 heterocycles. The van der Waals surface area contributed by atoms with Crippen molar-refractivity contribution in [1.29, 1.82) is 0 Å². The molecule has 29 heavy (non-hydrogen) atoms. The SMILES string of the molecule is CCOC(=O)c1c(OC(C)C(F)(F)F)nc2ccccc2c1-c1ccccc1Cl. The van der Waals surface area contributed by atoms with Gasteiger partial charge in [-0.15, -0.1) is 0 Å². The van der Waals surface area contributed by atoms with Gasteiger partial charge in [-0.25, -0.2) is 9.78 Å². The second-order valence-corrected chi connectivity index (χ2v) is 6.59. The minimum Gasteiger partial charge on any atom is -0.464 e. The van der Waals surface area contributed by atoms with Crippen LogP contribution in [-0.2, 0) is 4.74 Å². The Bertz CT molecular complexity index is 1050. The number of para-hydroxylation sites is 1. The molecule has 1 unspecified atom stereocenters. The minimum atomic E-state index is -4.64. The van der Waals surface area contributed by atoms with Gasteiger partial charge in [-0.3, -0.25) is 0 Å². The Kier molecular flexibility index (Phi) is 5.98. The number of pyridine rings is 1. The maximum absolute atomic E-state index is 13.1. The summed E-state index contributed by atoms with van der Waals surface area (Å²) in [4.78, 5) is 17.0. The van der Waals surface area contributed by atoms with Gasteiger partial charge in [-0.2, -0.15) is 13.2 Å². The molecule has 0 aliphatic carbocycles. The fraction of sp³-hybridized carbons (Fsp3) is 0.238. The Balaban J connectivity index is 2.37. The quantitative estimate of drug-likeness (QED) is 0.468. The Labute approximate surface area is 170 Å². The molecule has 4 nitrogen and oxygen atoms in total. The van der Waals surface area contributed by atoms with Gasteiger partial charge < -0.3 is 9.47 Å². The van der Waals surface area contributed by atoms with Gasteiger partial charge in [0.05, 0.1) is 12.1 Å². The third-order valence-corrected chi connectivity index (χ3v) is 4.56. The van der Waals surface area contributed by atoms with Crippen molar-refractivity contribution in [2.45, 2.75) is 26.1 Å². The van der Waals surface area contributed by atoms with Gasteiger partial charge in [-0.1, -0.05) is 48.0 Å². The third kappa shape index (κ3) is 4.29. The van der Waals surface area contributed by atoms with E-state index >= 15 is 0 Å². The lowest BCUT2D eigenvalue weighted by Crippen LogP contribution is -2.32. The molecule has 0 radical (unpaired) electrons. The molecular formula is C21H17ClF3NO3. The Morgan fingerprint density at radius 2 is 1.79 bits per heavy atom. The molecule has 2 aromatic carbocycles. The van der Waals surface area contributed by atoms with E-state index in [1.165, 1.54) is 0 Å². The van der Waals surface area contributed by atoms with Crippen molar-refractivity contribution < 1.29 is 27.4 Å². The summed E-state index contributed by atoms with van der Waals surface area (Å²) in [6, 6.07) is 13.5. The number of hydrogen-bond donors (Lipinski definition) is 0. The molecule has 0 spiro atoms. The second-order valence-electron chi connectivity index (χ2n) is 6.19. The predicted octanol–water partition coefficient (Wildman–Crippen LogP) is 6.06. The Hall–Kier alpha value is -2.80. The first-order valence-electron chi connectivity index (χ1n) is 8.82. The molecule has 0 fully saturated rings. The zero-order valence-electron chi connectivity index (χ0n) is 15.6. The molecule has 0 bridgehead atoms. The van der Waals surface area contributed by atoms with Gasteiger partial charge in [0.15, 0.2) is 6.10 Å². The molecule has 3 rings (SSSR count). The van der Waals surface area contributed by atoms with E-state index in [4.69, 9.17) is 21.1 Å². The highest BCUT2D eigenvalue weighted by molar-refractivity contribution is 6.34. The van der Waals surface area contributed by atoms with E-state index < -0.39 is 24.1 Å². The molecular weight excluding hydrogens is 407 g/mol. The topological polar surface area (TPSA) is 48.4 Å². The standard InChI is InChI=1S/C21H17ClF3NO3/c1-3-28-20(27)18-17(13-8-4-6-10-15(13)22)14-9-5-7-11-16(14)26-19(18)29-12(2)21(23,24)25/h4-12H,3H2,1-2H3. The van der Waals surface area contributed by atoms with E-state index in [1.54, 1.807) is 55.5 Å². The highest BCUT2D eigenvalue weighted by Gasteiger charge is 2.39. The number of esters is 1. The Morgan fingerprint density at radius 3 is 2.45 bits per heavy atom. The minimum absolute atomic E-state index is 0.0296. The second kappa shape index (κ2) is 8.29. The van der Waals surface area contributed by atoms with Gasteiger partial charge in [0, 0.05) is 21.5 Å². The zero-order valence-corrected chi connectivity index (χ0v) is 16.3. The molecule has 0 N–H and O–H groups in total. The summed E-state index contributed by atoms with van der Waals surface area (Å²) in [7, 11) is 0. The third-order valence-electron chi connectivity index (χ3n) is 4.23. The fourth-order valence-corrected chi connectivity index (χ4v) is 3.08. The van der Waals surface area contributed by atoms with Gasteiger partial charge in [0.2, 0.25) is 5.88 Å². The van der Waals surface area contributed by atoms with Gasteiger partial charge in [0.1, 0.15) is 5.56 Å². The summed E-state index contributed by atoms with van der Waals surface area (Å²) in [5.74, 6) is -1.30. The van der Waals surface area contributed by atoms with Crippen molar-refractivity contribution in [3.8, 4) is 17.0 Å². The van der Waals surface area contributed by atoms with E-state index in [1.807, 2.05) is 0 Å². The average molecular weight is 424 g/mol. The van der Waals surface area contributed by atoms with Crippen molar-refractivity contribution in [2.75, 3.05) is 6.61 Å². The van der Waals surface area contributed by atoms with Crippen molar-refractivity contribution >= 4 is 28.5 Å². The molecule has 8 heteroatoms. The average Bonchev–Trinajstić information content (AvgIpc) is 2.67. The van der Waals surface area contributed by atoms with E-state index in [9.17, 15) is 18.0 Å². The lowest BCUT2D eigenvalue weighted by molar-refractivity contribution is -0.190. The van der Waals surface area contributed by atoms with E-state index in [-0.39, 0.29) is 12.2 Å². The van der Waals surface area contributed by atoms with E-state index in [2.05, 4.69) is 4.98 Å². The highest BCUT2D eigenvalue weighted by atomic mass is 35.5. The highest BCUT2D eigenvalue weighted by Crippen LogP contribution is 2.40. The van der Waals surface area contributed by atoms with Crippen LogP contribution in [0.2, 0.25) is 5.02 Å². The van der Waals surface area contributed by atoms with Crippen LogP contribution in [0.15, 0.2) is 48.5 Å². The summed E-state index contributed by atoms with van der Waals surface area (Å²) >= 11 is 6.35. The smallest absolute Gasteiger partial charge is 0.425 e. The number of nitrogens with zero attached hydrogens (tertiary/aromatic N) is 1. The van der Waals surface area contributed by atoms with E-state index in [0.717, 1.165) is 6.92 Å². The Morgan fingerprint density at radius 1 is 1.14 bits per heavy atom. The van der Waals surface area contributed by atoms with Crippen molar-refractivity contribution in [3.63, 3.8) is 0 Å². The van der Waals surface area contributed by atoms with Gasteiger partial charge in [-0.05, 0) is 26.0 Å². The van der Waals surface area contributed by atoms with Crippen molar-refractivity contribution in [1.82, 2.24) is 4.98 Å². The summed E-state index contributed by atoms with van der Waals surface area (Å²) in [6.45, 7) is 2.48. The molecule has 0 aliphatic rings. The number of alkyl halides is 3. The molecule has 0 saturated heterocycles. The number of carbonyl (C=O) groups is 1. The van der Waals surface area contributed by atoms with Crippen LogP contribution in [0, 0.1) is 0 Å². The monoisotopic (exact) mass is 423 g/mol. The molecule has 0 amide bonds. The number of carbonyl (C=O) groups excluding carboxylic acids is 1. The summed E-state index contributed by atoms with van der Waals surface area (Å²) in [5.41, 5.74) is 0.930. The normalized spacial score (nSPS) is 12.6. The molecule has 3 aromatic rings. The number of benzene rings is 2. The molecule has 1 atom stereocenters. The van der Waals surface area contributed by atoms with Gasteiger partial charge in [0.25, 0.3) is 0 Å². The molecule has 0 aliphatic heterocycles. The molecule has 1 aromatic heterocycles. The number of rotatable bonds is 5. The van der Waals surface area contributed by atoms with Crippen LogP contribution in [0.25, 0.3) is 22.0 Å². The summed E-state index contributed by atoms with van der Waals surface area (Å²) in [5, 5.41) is 0.861. The maximum Gasteiger partial charge on any atom is 0.425 e. The number of halogens is 4. The number of aromatic nitrogens is 1. The maximum atomic E-state index is 13.1. The van der Waals surface area contributed by atoms with Crippen LogP contribution in [0.5, 0.6) is 5.88 Å². The van der Waals surface area contributed by atoms with Crippen LogP contribution < -0.4 is 4.74 Å². The fourth-order valence-electron chi connectivity index (χ4n) is 2.85. The number of ether oxygens (including phenoxy) is 2. The largest absolute Gasteiger partial charge is 0.464 e. The van der Waals surface area contributed by atoms with Crippen molar-refractivity contribution in [3.05, 3.63) is 59.1 Å². The van der Waals surface area contributed by atoms with Crippen LogP contribution >= 0.6 is 11.6 Å². The summed E-state index contributed by atoms with van der Waals surface area (Å²) < 4.78 is 49.6. The van der Waals surface area contributed by atoms with Crippen LogP contribution in [-0.4, -0.2) is 29.8 Å². The first kappa shape index (κ1) is 20.9. The number of fused-ring (bicyclic) bond motifs is 1. The first-order chi connectivity index (χ1) is 13.7. The predicted molar refractivity (Wildman–Crippen MR) is 104 cm³/mol. The first-order valence-corrected chi connectivity index (χ1v) is 9.20. The lowest BCUT2D eigenvalue weighted by atomic mass is 9.95. The van der Waals surface area contributed by atoms with Crippen LogP contribution in [0.1, 0.15) is 24.2 Å².